The predicted molar refractivity (Wildman–Crippen MR) is 110 cm³/mol. The molecule has 1 atom stereocenters. The van der Waals surface area contributed by atoms with E-state index in [9.17, 15) is 18.0 Å². The average molecular weight is 432 g/mol. The van der Waals surface area contributed by atoms with Gasteiger partial charge in [-0.25, -0.2) is 4.98 Å². The van der Waals surface area contributed by atoms with Gasteiger partial charge in [0.1, 0.15) is 5.69 Å². The minimum absolute atomic E-state index is 0.0674. The third kappa shape index (κ3) is 4.33. The Kier molecular flexibility index (Phi) is 5.55. The molecule has 0 aliphatic carbocycles. The van der Waals surface area contributed by atoms with Gasteiger partial charge >= 0.3 is 6.18 Å². The molecule has 0 bridgehead atoms. The molecule has 10 heteroatoms. The van der Waals surface area contributed by atoms with Crippen LogP contribution in [0.1, 0.15) is 54.4 Å². The second-order valence-electron chi connectivity index (χ2n) is 7.99. The highest BCUT2D eigenvalue weighted by atomic mass is 19.4. The third-order valence-corrected chi connectivity index (χ3v) is 5.29. The molecule has 0 aromatic carbocycles. The molecule has 4 rings (SSSR count). The van der Waals surface area contributed by atoms with Crippen molar-refractivity contribution >= 4 is 22.8 Å². The molecule has 0 radical (unpaired) electrons. The van der Waals surface area contributed by atoms with Gasteiger partial charge in [-0.2, -0.15) is 18.3 Å². The van der Waals surface area contributed by atoms with Crippen LogP contribution in [0.15, 0.2) is 30.5 Å². The number of carbonyl (C=O) groups is 1. The molecular weight excluding hydrogens is 409 g/mol. The van der Waals surface area contributed by atoms with Crippen molar-refractivity contribution in [3.63, 3.8) is 0 Å². The number of carbonyl (C=O) groups excluding carboxylic acids is 1. The number of aromatic nitrogens is 4. The first-order valence-corrected chi connectivity index (χ1v) is 10.2. The number of aromatic amines is 1. The van der Waals surface area contributed by atoms with Crippen molar-refractivity contribution in [2.24, 2.45) is 0 Å². The number of nitrogens with one attached hydrogen (secondary N) is 2. The van der Waals surface area contributed by atoms with Crippen molar-refractivity contribution in [3.8, 4) is 0 Å². The Labute approximate surface area is 177 Å². The van der Waals surface area contributed by atoms with Crippen molar-refractivity contribution in [2.75, 3.05) is 18.4 Å². The lowest BCUT2D eigenvalue weighted by Gasteiger charge is -2.32. The fraction of sp³-hybridized carbons (Fsp3) is 0.429. The lowest BCUT2D eigenvalue weighted by Crippen LogP contribution is -2.39. The van der Waals surface area contributed by atoms with E-state index in [2.05, 4.69) is 25.5 Å². The molecule has 3 aromatic heterocycles. The van der Waals surface area contributed by atoms with E-state index in [1.807, 2.05) is 13.8 Å². The van der Waals surface area contributed by atoms with Crippen molar-refractivity contribution in [1.29, 1.82) is 0 Å². The molecule has 0 unspecified atom stereocenters. The van der Waals surface area contributed by atoms with Crippen molar-refractivity contribution in [3.05, 3.63) is 47.4 Å². The molecule has 2 N–H and O–H groups in total. The summed E-state index contributed by atoms with van der Waals surface area (Å²) in [6.07, 6.45) is -1.70. The third-order valence-electron chi connectivity index (χ3n) is 5.29. The van der Waals surface area contributed by atoms with E-state index < -0.39 is 11.7 Å². The van der Waals surface area contributed by atoms with E-state index in [1.165, 1.54) is 0 Å². The van der Waals surface area contributed by atoms with Crippen molar-refractivity contribution in [2.45, 2.75) is 44.8 Å². The minimum Gasteiger partial charge on any atom is -0.366 e. The zero-order valence-electron chi connectivity index (χ0n) is 17.2. The lowest BCUT2D eigenvalue weighted by molar-refractivity contribution is -0.136. The van der Waals surface area contributed by atoms with Crippen LogP contribution < -0.4 is 5.32 Å². The van der Waals surface area contributed by atoms with Gasteiger partial charge in [-0.3, -0.25) is 14.9 Å². The van der Waals surface area contributed by atoms with Gasteiger partial charge in [-0.1, -0.05) is 6.07 Å². The molecular formula is C21H23F3N6O. The summed E-state index contributed by atoms with van der Waals surface area (Å²) in [5, 5.41) is 9.51. The lowest BCUT2D eigenvalue weighted by atomic mass is 9.92. The number of likely N-dealkylation sites (tertiary alicyclic amines) is 1. The summed E-state index contributed by atoms with van der Waals surface area (Å²) in [7, 11) is 0. The van der Waals surface area contributed by atoms with Crippen LogP contribution in [0.25, 0.3) is 11.0 Å². The van der Waals surface area contributed by atoms with Gasteiger partial charge in [-0.15, -0.1) is 0 Å². The Morgan fingerprint density at radius 1 is 1.32 bits per heavy atom. The maximum atomic E-state index is 13.9. The van der Waals surface area contributed by atoms with E-state index in [-0.39, 0.29) is 41.3 Å². The number of anilines is 1. The number of H-pyrrole nitrogens is 1. The number of fused-ring (bicyclic) bond motifs is 1. The second kappa shape index (κ2) is 8.16. The quantitative estimate of drug-likeness (QED) is 0.645. The highest BCUT2D eigenvalue weighted by Crippen LogP contribution is 2.39. The molecule has 164 valence electrons. The van der Waals surface area contributed by atoms with Gasteiger partial charge in [0.05, 0.1) is 10.9 Å². The van der Waals surface area contributed by atoms with Crippen LogP contribution in [-0.2, 0) is 6.18 Å². The number of nitrogens with zero attached hydrogens (tertiary/aromatic N) is 4. The van der Waals surface area contributed by atoms with Crippen molar-refractivity contribution in [1.82, 2.24) is 25.1 Å². The molecule has 7 nitrogen and oxygen atoms in total. The molecule has 0 spiro atoms. The smallest absolute Gasteiger partial charge is 0.366 e. The molecule has 4 heterocycles. The molecule has 31 heavy (non-hydrogen) atoms. The van der Waals surface area contributed by atoms with Crippen LogP contribution in [0.4, 0.5) is 19.0 Å². The van der Waals surface area contributed by atoms with E-state index in [0.717, 1.165) is 6.07 Å². The summed E-state index contributed by atoms with van der Waals surface area (Å²) in [6, 6.07) is 6.10. The van der Waals surface area contributed by atoms with Crippen LogP contribution in [-0.4, -0.2) is 50.1 Å². The minimum atomic E-state index is -4.56. The van der Waals surface area contributed by atoms with E-state index in [4.69, 9.17) is 0 Å². The van der Waals surface area contributed by atoms with Crippen molar-refractivity contribution < 1.29 is 18.0 Å². The zero-order valence-corrected chi connectivity index (χ0v) is 17.2. The van der Waals surface area contributed by atoms with Gasteiger partial charge in [0.2, 0.25) is 0 Å². The number of rotatable bonds is 4. The molecule has 1 aliphatic rings. The SMILES string of the molecule is CC(C)Nc1n[nH]c2nc([C@@H]3CCCN(C(=O)c4ccccn4)C3)cc(C(F)(F)F)c12. The standard InChI is InChI=1S/C21H23F3N6O/c1-12(2)26-18-17-14(21(22,23)24)10-16(27-19(17)29-28-18)13-6-5-9-30(11-13)20(31)15-7-3-4-8-25-15/h3-4,7-8,10,12-13H,5-6,9,11H2,1-2H3,(H2,26,27,28,29)/t13-/m1/s1. The fourth-order valence-electron chi connectivity index (χ4n) is 3.92. The van der Waals surface area contributed by atoms with Gasteiger partial charge in [0.25, 0.3) is 5.91 Å². The van der Waals surface area contributed by atoms with E-state index >= 15 is 0 Å². The Bertz CT molecular complexity index is 1080. The van der Waals surface area contributed by atoms with E-state index in [0.29, 0.717) is 30.8 Å². The largest absolute Gasteiger partial charge is 0.417 e. The number of alkyl halides is 3. The molecule has 1 saturated heterocycles. The topological polar surface area (TPSA) is 86.8 Å². The number of hydrogen-bond acceptors (Lipinski definition) is 5. The monoisotopic (exact) mass is 432 g/mol. The molecule has 3 aromatic rings. The summed E-state index contributed by atoms with van der Waals surface area (Å²) in [5.74, 6) is -0.406. The summed E-state index contributed by atoms with van der Waals surface area (Å²) in [5.41, 5.74) is -0.0719. The normalized spacial score (nSPS) is 17.4. The predicted octanol–water partition coefficient (Wildman–Crippen LogP) is 4.21. The highest BCUT2D eigenvalue weighted by Gasteiger charge is 2.37. The van der Waals surface area contributed by atoms with Gasteiger partial charge < -0.3 is 10.2 Å². The molecule has 1 fully saturated rings. The van der Waals surface area contributed by atoms with Gasteiger partial charge in [-0.05, 0) is 44.9 Å². The summed E-state index contributed by atoms with van der Waals surface area (Å²) < 4.78 is 41.7. The van der Waals surface area contributed by atoms with E-state index in [1.54, 1.807) is 29.3 Å². The number of amides is 1. The first-order valence-electron chi connectivity index (χ1n) is 10.2. The van der Waals surface area contributed by atoms with Gasteiger partial charge in [0, 0.05) is 36.9 Å². The summed E-state index contributed by atoms with van der Waals surface area (Å²) in [4.78, 5) is 22.9. The van der Waals surface area contributed by atoms with Crippen LogP contribution in [0.5, 0.6) is 0 Å². The number of hydrogen-bond donors (Lipinski definition) is 2. The number of pyridine rings is 2. The van der Waals surface area contributed by atoms with Gasteiger partial charge in [0.15, 0.2) is 11.5 Å². The average Bonchev–Trinajstić information content (AvgIpc) is 3.14. The molecule has 1 aliphatic heterocycles. The maximum absolute atomic E-state index is 13.9. The summed E-state index contributed by atoms with van der Waals surface area (Å²) in [6.45, 7) is 4.47. The summed E-state index contributed by atoms with van der Waals surface area (Å²) >= 11 is 0. The molecule has 0 saturated carbocycles. The first-order chi connectivity index (χ1) is 14.7. The Hall–Kier alpha value is -3.17. The zero-order chi connectivity index (χ0) is 22.2. The first kappa shape index (κ1) is 21.1. The number of halogens is 3. The van der Waals surface area contributed by atoms with Crippen LogP contribution in [0, 0.1) is 0 Å². The van der Waals surface area contributed by atoms with Crippen LogP contribution in [0.3, 0.4) is 0 Å². The fourth-order valence-corrected chi connectivity index (χ4v) is 3.92. The number of piperidine rings is 1. The Morgan fingerprint density at radius 3 is 2.81 bits per heavy atom. The highest BCUT2D eigenvalue weighted by molar-refractivity contribution is 5.92. The second-order valence-corrected chi connectivity index (χ2v) is 7.99. The maximum Gasteiger partial charge on any atom is 0.417 e. The van der Waals surface area contributed by atoms with Crippen LogP contribution in [0.2, 0.25) is 0 Å². The molecule has 1 amide bonds. The Balaban J connectivity index is 1.68. The Morgan fingerprint density at radius 2 is 2.13 bits per heavy atom. The van der Waals surface area contributed by atoms with Crippen LogP contribution >= 0.6 is 0 Å².